The topological polar surface area (TPSA) is 571 Å². The molecule has 4 heterocycles. The van der Waals surface area contributed by atoms with E-state index in [2.05, 4.69) is 11.1 Å². The van der Waals surface area contributed by atoms with E-state index < -0.39 is 257 Å². The molecular formula is C70H121N5O36S. The third kappa shape index (κ3) is 34.5. The van der Waals surface area contributed by atoms with Crippen LogP contribution in [0.15, 0.2) is 0 Å². The van der Waals surface area contributed by atoms with Crippen molar-refractivity contribution in [3.05, 3.63) is 40.5 Å². The van der Waals surface area contributed by atoms with Crippen LogP contribution < -0.4 is 0 Å². The number of unbranched alkanes of at least 4 members (excludes halogenated alkanes) is 9. The first-order chi connectivity index (χ1) is 52.1. The Morgan fingerprint density at radius 1 is 0.607 bits per heavy atom. The second kappa shape index (κ2) is 48.8. The third-order valence-electron chi connectivity index (χ3n) is 19.9. The first kappa shape index (κ1) is 102. The number of aliphatic hydroxyl groups excluding tert-OH is 3. The summed E-state index contributed by atoms with van der Waals surface area (Å²) in [5.74, 6) is -10.7. The van der Waals surface area contributed by atoms with E-state index in [9.17, 15) is 108 Å². The van der Waals surface area contributed by atoms with Crippen LogP contribution in [0.25, 0.3) is 0 Å². The number of carbonyl (C=O) groups is 7. The number of nitrogens with zero attached hydrogens (tertiary/aromatic N) is 5. The largest absolute Gasteiger partial charge is 0.463 e. The van der Waals surface area contributed by atoms with E-state index in [0.29, 0.717) is 12.8 Å². The summed E-state index contributed by atoms with van der Waals surface area (Å²) in [5.41, 5.74) is -4.92. The summed E-state index contributed by atoms with van der Waals surface area (Å²) in [6, 6.07) is -0.319. The fourth-order valence-electron chi connectivity index (χ4n) is 13.6. The van der Waals surface area contributed by atoms with Crippen molar-refractivity contribution >= 4 is 52.0 Å². The van der Waals surface area contributed by atoms with E-state index in [-0.39, 0.29) is 44.4 Å². The maximum atomic E-state index is 14.2. The molecule has 648 valence electrons. The number of ether oxygens (including phenoxy) is 12. The molecule has 41 nitrogen and oxygen atoms in total. The van der Waals surface area contributed by atoms with Crippen molar-refractivity contribution < 1.29 is 153 Å². The normalized spacial score (nSPS) is 32.6. The van der Waals surface area contributed by atoms with Crippen LogP contribution in [-0.2, 0) is 105 Å². The smallest absolute Gasteiger partial charge is 0.397 e. The quantitative estimate of drug-likeness (QED) is 0.0126. The minimum absolute atomic E-state index is 0.0760. The molecule has 112 heavy (non-hydrogen) atoms. The molecule has 4 rings (SSSR count). The molecule has 0 aromatic carbocycles. The minimum Gasteiger partial charge on any atom is -0.463 e. The van der Waals surface area contributed by atoms with Gasteiger partial charge in [-0.2, -0.15) is 8.42 Å². The fourth-order valence-corrected chi connectivity index (χ4v) is 13.9. The van der Waals surface area contributed by atoms with Gasteiger partial charge in [0, 0.05) is 57.4 Å². The molecule has 0 aromatic rings. The van der Waals surface area contributed by atoms with Crippen LogP contribution in [0.2, 0.25) is 0 Å². The lowest BCUT2D eigenvalue weighted by molar-refractivity contribution is -0.479. The van der Waals surface area contributed by atoms with Crippen LogP contribution in [0.1, 0.15) is 205 Å². The molecule has 0 aromatic heterocycles. The Hall–Kier alpha value is -6.52. The zero-order valence-corrected chi connectivity index (χ0v) is 67.6. The summed E-state index contributed by atoms with van der Waals surface area (Å²) >= 11 is 0. The Labute approximate surface area is 652 Å². The molecule has 4 aliphatic heterocycles. The van der Waals surface area contributed by atoms with Crippen molar-refractivity contribution in [2.45, 2.75) is 320 Å². The maximum absolute atomic E-state index is 14.2. The number of methoxy groups -OCH3 is 1. The highest BCUT2D eigenvalue weighted by Gasteiger charge is 2.56. The number of likely N-dealkylation sites (N-methyl/N-ethyl adjacent to an activating group) is 1. The fraction of sp³-hybridized carbons (Fsp3) is 0.900. The Morgan fingerprint density at radius 3 is 1.56 bits per heavy atom. The van der Waals surface area contributed by atoms with E-state index in [1.165, 1.54) is 72.8 Å². The van der Waals surface area contributed by atoms with Gasteiger partial charge in [-0.25, -0.2) is 4.18 Å². The molecule has 0 radical (unpaired) electrons. The summed E-state index contributed by atoms with van der Waals surface area (Å²) in [6.07, 6.45) is -11.0. The lowest BCUT2D eigenvalue weighted by Gasteiger charge is -2.49. The van der Waals surface area contributed by atoms with E-state index in [0.717, 1.165) is 12.8 Å². The van der Waals surface area contributed by atoms with E-state index in [1.807, 2.05) is 25.9 Å². The summed E-state index contributed by atoms with van der Waals surface area (Å²) in [5, 5.41) is 99.2. The zero-order valence-electron chi connectivity index (χ0n) is 66.8. The predicted molar refractivity (Wildman–Crippen MR) is 387 cm³/mol. The van der Waals surface area contributed by atoms with Crippen molar-refractivity contribution in [1.29, 1.82) is 0 Å². The van der Waals surface area contributed by atoms with Gasteiger partial charge in [0.25, 0.3) is 0 Å². The summed E-state index contributed by atoms with van der Waals surface area (Å²) < 4.78 is 102. The number of cyclic esters (lactones) is 1. The van der Waals surface area contributed by atoms with Crippen LogP contribution in [0.4, 0.5) is 0 Å². The Bertz CT molecular complexity index is 3110. The van der Waals surface area contributed by atoms with Gasteiger partial charge in [0.05, 0.1) is 60.3 Å². The summed E-state index contributed by atoms with van der Waals surface area (Å²) in [4.78, 5) is 130. The third-order valence-corrected chi connectivity index (χ3v) is 20.4. The second-order valence-electron chi connectivity index (χ2n) is 29.6. The van der Waals surface area contributed by atoms with Gasteiger partial charge in [-0.15, -0.1) is 0 Å². The van der Waals surface area contributed by atoms with Gasteiger partial charge in [-0.1, -0.05) is 99.3 Å². The maximum Gasteiger partial charge on any atom is 0.397 e. The standard InChI is InChI=1S/C40H71NO14.C18H24N4O18.C12H26O4S/c1-15-27-40(11,48)33(44)22(5)30(43)20(3)18-38(9,47)35(55-37-32(53-28(42)16-2)26(41(12)13)17-21(4)50-37)23(6)31(24(7)36(46)52-27)54-29-19-39(10,49-14)34(45)25(8)51-29;23-11(1-5-19(28)29)36-9-10-15(38-12(24)2-6-20(30)31)16(39-13(25)3-7-21(32)33)17(18(27)37-10)40-14(26)4-8-22(34)35;1-2-3-4-5-6-7-8-9-10-11-12-16-17(13,14)15/h20-27,29,31-35,37,44-45,47-48H,15-19H2,1-14H3;10,15-18,27H,1-9H2;2-12H2,1H3,(H,13,14,15). The highest BCUT2D eigenvalue weighted by Crippen LogP contribution is 2.42. The zero-order chi connectivity index (χ0) is 85.3. The molecule has 0 aliphatic carbocycles. The first-order valence-corrected chi connectivity index (χ1v) is 39.2. The van der Waals surface area contributed by atoms with Gasteiger partial charge in [-0.3, -0.25) is 78.6 Å². The van der Waals surface area contributed by atoms with Crippen molar-refractivity contribution in [2.24, 2.45) is 23.7 Å². The molecule has 23 unspecified atom stereocenters. The Morgan fingerprint density at radius 2 is 1.09 bits per heavy atom. The van der Waals surface area contributed by atoms with Gasteiger partial charge < -0.3 is 87.3 Å². The summed E-state index contributed by atoms with van der Waals surface area (Å²) in [6.45, 7) is 15.8. The number of ketones is 1. The van der Waals surface area contributed by atoms with E-state index in [1.54, 1.807) is 48.5 Å². The minimum atomic E-state index is -4.23. The SMILES string of the molecule is CCC(=O)OC1C(OC2C(C)C(OC3CC(C)(OC)C(O)C(C)O3)C(C)C(=O)OC(CC)C(C)(O)C(O)C(C)C(=O)C(C)CC2(C)O)OC(C)CC1N(C)C.CCCCCCCCCCCCOS(=O)(=O)O.O=C(CC[N+](=O)[O-])OCC1OC(O)C(OC(=O)CC[N+](=O)[O-])C(OC(=O)CC[N+](=O)[O-])C1OC(=O)CC[N+](=O)[O-]. The van der Waals surface area contributed by atoms with Crippen molar-refractivity contribution in [2.75, 3.05) is 60.6 Å². The molecule has 42 heteroatoms. The lowest BCUT2D eigenvalue weighted by Crippen LogP contribution is -2.62. The number of hydrogen-bond donors (Lipinski definition) is 6. The van der Waals surface area contributed by atoms with Crippen LogP contribution >= 0.6 is 0 Å². The molecule has 6 N–H and O–H groups in total. The number of carbonyl (C=O) groups excluding carboxylic acids is 7. The van der Waals surface area contributed by atoms with Crippen LogP contribution in [-0.4, -0.2) is 280 Å². The van der Waals surface area contributed by atoms with Crippen LogP contribution in [0.3, 0.4) is 0 Å². The highest BCUT2D eigenvalue weighted by atomic mass is 32.3. The number of rotatable bonds is 38. The second-order valence-corrected chi connectivity index (χ2v) is 30.6. The highest BCUT2D eigenvalue weighted by molar-refractivity contribution is 7.80. The average molecular weight is 1640 g/mol. The molecule has 4 aliphatic rings. The Balaban J connectivity index is 0.000000649. The van der Waals surface area contributed by atoms with Crippen LogP contribution in [0, 0.1) is 64.1 Å². The lowest BCUT2D eigenvalue weighted by atomic mass is 9.74. The average Bonchev–Trinajstić information content (AvgIpc) is 0.767. The predicted octanol–water partition coefficient (Wildman–Crippen LogP) is 4.12. The van der Waals surface area contributed by atoms with Crippen molar-refractivity contribution in [3.63, 3.8) is 0 Å². The number of aliphatic hydroxyl groups is 5. The number of hydrogen-bond acceptors (Lipinski definition) is 36. The molecule has 0 bridgehead atoms. The first-order valence-electron chi connectivity index (χ1n) is 37.9. The molecule has 0 amide bonds. The van der Waals surface area contributed by atoms with Gasteiger partial charge >= 0.3 is 46.2 Å². The Kier molecular flexibility index (Phi) is 44.2. The molecule has 0 saturated carbocycles. The van der Waals surface area contributed by atoms with Gasteiger partial charge in [0.1, 0.15) is 62.0 Å². The van der Waals surface area contributed by atoms with E-state index in [4.69, 9.17) is 61.4 Å². The van der Waals surface area contributed by atoms with Gasteiger partial charge in [0.2, 0.25) is 26.2 Å². The number of Topliss-reactive ketones (excluding diaryl/α,β-unsaturated/α-hetero) is 1. The molecule has 4 saturated heterocycles. The molecule has 0 spiro atoms. The van der Waals surface area contributed by atoms with Crippen molar-refractivity contribution in [3.8, 4) is 0 Å². The van der Waals surface area contributed by atoms with Crippen molar-refractivity contribution in [1.82, 2.24) is 4.90 Å². The van der Waals surface area contributed by atoms with Gasteiger partial charge in [0.15, 0.2) is 43.3 Å². The molecular weight excluding hydrogens is 1520 g/mol. The summed E-state index contributed by atoms with van der Waals surface area (Å²) in [7, 11) is 0.973. The molecule has 23 atom stereocenters. The van der Waals surface area contributed by atoms with E-state index >= 15 is 0 Å². The number of nitro groups is 4. The van der Waals surface area contributed by atoms with Crippen LogP contribution in [0.5, 0.6) is 0 Å². The molecule has 4 fully saturated rings. The van der Waals surface area contributed by atoms with Gasteiger partial charge in [-0.05, 0) is 81.3 Å². The number of esters is 6. The monoisotopic (exact) mass is 1640 g/mol.